The summed E-state index contributed by atoms with van der Waals surface area (Å²) in [6.45, 7) is 3.45. The van der Waals surface area contributed by atoms with Gasteiger partial charge in [-0.3, -0.25) is 19.7 Å². The van der Waals surface area contributed by atoms with Crippen molar-refractivity contribution in [1.82, 2.24) is 0 Å². The normalized spacial score (nSPS) is 11.5. The summed E-state index contributed by atoms with van der Waals surface area (Å²) < 4.78 is 13.0. The molecule has 0 aliphatic heterocycles. The summed E-state index contributed by atoms with van der Waals surface area (Å²) in [7, 11) is 0. The third kappa shape index (κ3) is 5.92. The average molecular weight is 453 g/mol. The third-order valence-corrected chi connectivity index (χ3v) is 5.69. The highest BCUT2D eigenvalue weighted by Crippen LogP contribution is 2.27. The van der Waals surface area contributed by atoms with Crippen molar-refractivity contribution in [3.8, 4) is 0 Å². The number of benzene rings is 3. The van der Waals surface area contributed by atoms with Gasteiger partial charge < -0.3 is 10.6 Å². The van der Waals surface area contributed by atoms with E-state index >= 15 is 0 Å². The van der Waals surface area contributed by atoms with Crippen LogP contribution in [0.5, 0.6) is 0 Å². The number of non-ortho nitro benzene ring substituents is 1. The van der Waals surface area contributed by atoms with Crippen LogP contribution in [0.25, 0.3) is 0 Å². The summed E-state index contributed by atoms with van der Waals surface area (Å²) in [6.07, 6.45) is 0. The molecule has 0 aromatic heterocycles. The molecule has 0 bridgehead atoms. The Hall–Kier alpha value is -3.72. The van der Waals surface area contributed by atoms with Crippen LogP contribution in [-0.4, -0.2) is 22.0 Å². The molecule has 0 saturated carbocycles. The van der Waals surface area contributed by atoms with Crippen molar-refractivity contribution in [3.63, 3.8) is 0 Å². The smallest absolute Gasteiger partial charge is 0.269 e. The van der Waals surface area contributed by atoms with Crippen LogP contribution in [0.3, 0.4) is 0 Å². The number of carbonyl (C=O) groups excluding carboxylic acids is 2. The van der Waals surface area contributed by atoms with Crippen LogP contribution < -0.4 is 10.6 Å². The maximum Gasteiger partial charge on any atom is 0.269 e. The largest absolute Gasteiger partial charge is 0.325 e. The van der Waals surface area contributed by atoms with Crippen molar-refractivity contribution in [3.05, 3.63) is 93.8 Å². The maximum absolute atomic E-state index is 13.0. The lowest BCUT2D eigenvalue weighted by atomic mass is 10.2. The summed E-state index contributed by atoms with van der Waals surface area (Å²) in [5.74, 6) is -0.998. The fraction of sp³-hybridized carbons (Fsp3) is 0.130. The van der Waals surface area contributed by atoms with Crippen LogP contribution in [0.4, 0.5) is 21.5 Å². The number of nitrogens with zero attached hydrogens (tertiary/aromatic N) is 1. The van der Waals surface area contributed by atoms with Gasteiger partial charge in [0.15, 0.2) is 0 Å². The molecule has 164 valence electrons. The lowest BCUT2D eigenvalue weighted by molar-refractivity contribution is -0.384. The molecule has 2 N–H and O–H groups in total. The van der Waals surface area contributed by atoms with Crippen LogP contribution in [-0.2, 0) is 4.79 Å². The molecule has 0 aliphatic rings. The highest BCUT2D eigenvalue weighted by atomic mass is 32.2. The van der Waals surface area contributed by atoms with Crippen molar-refractivity contribution in [1.29, 1.82) is 0 Å². The van der Waals surface area contributed by atoms with E-state index in [-0.39, 0.29) is 17.5 Å². The molecule has 32 heavy (non-hydrogen) atoms. The Morgan fingerprint density at radius 2 is 1.66 bits per heavy atom. The van der Waals surface area contributed by atoms with E-state index in [1.807, 2.05) is 0 Å². The zero-order valence-electron chi connectivity index (χ0n) is 17.3. The first-order valence-corrected chi connectivity index (χ1v) is 10.5. The average Bonchev–Trinajstić information content (AvgIpc) is 2.76. The first-order valence-electron chi connectivity index (χ1n) is 9.62. The Morgan fingerprint density at radius 3 is 2.25 bits per heavy atom. The standard InChI is InChI=1S/C23H20FN3O4S/c1-14-13-19(27(30)31)9-12-21(14)26-22(28)15(2)32-20-10-7-18(8-11-20)25-23(29)16-3-5-17(24)6-4-16/h3-13,15H,1-2H3,(H,25,29)(H,26,28). The second-order valence-corrected chi connectivity index (χ2v) is 8.41. The molecule has 0 heterocycles. The molecule has 0 spiro atoms. The number of thioether (sulfide) groups is 1. The number of nitro benzene ring substituents is 1. The number of carbonyl (C=O) groups is 2. The molecule has 1 atom stereocenters. The lowest BCUT2D eigenvalue weighted by Crippen LogP contribution is -2.22. The van der Waals surface area contributed by atoms with E-state index in [1.54, 1.807) is 38.1 Å². The van der Waals surface area contributed by atoms with Gasteiger partial charge in [0.05, 0.1) is 10.2 Å². The monoisotopic (exact) mass is 453 g/mol. The van der Waals surface area contributed by atoms with Gasteiger partial charge >= 0.3 is 0 Å². The number of nitro groups is 1. The lowest BCUT2D eigenvalue weighted by Gasteiger charge is -2.14. The van der Waals surface area contributed by atoms with Crippen LogP contribution in [0, 0.1) is 22.9 Å². The Balaban J connectivity index is 1.57. The van der Waals surface area contributed by atoms with Gasteiger partial charge in [0.1, 0.15) is 5.82 Å². The molecule has 2 amide bonds. The highest BCUT2D eigenvalue weighted by Gasteiger charge is 2.17. The van der Waals surface area contributed by atoms with Gasteiger partial charge in [0.2, 0.25) is 5.91 Å². The number of nitrogens with one attached hydrogen (secondary N) is 2. The van der Waals surface area contributed by atoms with Crippen molar-refractivity contribution >= 4 is 40.6 Å². The molecule has 3 rings (SSSR count). The molecule has 3 aromatic rings. The quantitative estimate of drug-likeness (QED) is 0.283. The summed E-state index contributed by atoms with van der Waals surface area (Å²) in [6, 6.07) is 16.5. The van der Waals surface area contributed by atoms with E-state index in [2.05, 4.69) is 10.6 Å². The highest BCUT2D eigenvalue weighted by molar-refractivity contribution is 8.00. The zero-order chi connectivity index (χ0) is 23.3. The Kier molecular flexibility index (Phi) is 7.21. The Bertz CT molecular complexity index is 1150. The number of rotatable bonds is 7. The SMILES string of the molecule is Cc1cc([N+](=O)[O-])ccc1NC(=O)C(C)Sc1ccc(NC(=O)c2ccc(F)cc2)cc1. The molecule has 0 saturated heterocycles. The third-order valence-electron chi connectivity index (χ3n) is 4.58. The molecule has 7 nitrogen and oxygen atoms in total. The maximum atomic E-state index is 13.0. The van der Waals surface area contributed by atoms with Gasteiger partial charge in [-0.05, 0) is 74.0 Å². The van der Waals surface area contributed by atoms with Crippen molar-refractivity contribution in [2.24, 2.45) is 0 Å². The second-order valence-electron chi connectivity index (χ2n) is 6.99. The molecule has 9 heteroatoms. The first-order chi connectivity index (χ1) is 15.2. The predicted molar refractivity (Wildman–Crippen MR) is 123 cm³/mol. The van der Waals surface area contributed by atoms with Gasteiger partial charge in [-0.25, -0.2) is 4.39 Å². The minimum atomic E-state index is -0.483. The molecule has 0 radical (unpaired) electrons. The van der Waals surface area contributed by atoms with E-state index in [1.165, 1.54) is 54.2 Å². The summed E-state index contributed by atoms with van der Waals surface area (Å²) in [5, 5.41) is 15.9. The van der Waals surface area contributed by atoms with Crippen molar-refractivity contribution in [2.45, 2.75) is 24.0 Å². The molecule has 3 aromatic carbocycles. The molecular weight excluding hydrogens is 433 g/mol. The second kappa shape index (κ2) is 10.1. The van der Waals surface area contributed by atoms with Crippen LogP contribution >= 0.6 is 11.8 Å². The molecule has 0 aliphatic carbocycles. The van der Waals surface area contributed by atoms with Gasteiger partial charge in [-0.2, -0.15) is 0 Å². The summed E-state index contributed by atoms with van der Waals surface area (Å²) in [4.78, 5) is 35.9. The number of aryl methyl sites for hydroxylation is 1. The van der Waals surface area contributed by atoms with E-state index in [0.29, 0.717) is 22.5 Å². The first kappa shape index (κ1) is 23.0. The van der Waals surface area contributed by atoms with E-state index in [0.717, 1.165) is 4.90 Å². The minimum absolute atomic E-state index is 0.0328. The number of anilines is 2. The van der Waals surface area contributed by atoms with Crippen LogP contribution in [0.1, 0.15) is 22.8 Å². The van der Waals surface area contributed by atoms with Gasteiger partial charge in [-0.1, -0.05) is 0 Å². The summed E-state index contributed by atoms with van der Waals surface area (Å²) >= 11 is 1.34. The number of hydrogen-bond donors (Lipinski definition) is 2. The minimum Gasteiger partial charge on any atom is -0.325 e. The van der Waals surface area contributed by atoms with Gasteiger partial charge in [0, 0.05) is 34.0 Å². The number of hydrogen-bond acceptors (Lipinski definition) is 5. The Morgan fingerprint density at radius 1 is 1.00 bits per heavy atom. The predicted octanol–water partition coefficient (Wildman–Crippen LogP) is 5.41. The van der Waals surface area contributed by atoms with E-state index in [4.69, 9.17) is 0 Å². The fourth-order valence-corrected chi connectivity index (χ4v) is 3.68. The van der Waals surface area contributed by atoms with Crippen LogP contribution in [0.15, 0.2) is 71.6 Å². The molecular formula is C23H20FN3O4S. The van der Waals surface area contributed by atoms with E-state index < -0.39 is 16.0 Å². The zero-order valence-corrected chi connectivity index (χ0v) is 18.1. The molecule has 0 fully saturated rings. The van der Waals surface area contributed by atoms with Crippen LogP contribution in [0.2, 0.25) is 0 Å². The summed E-state index contributed by atoms with van der Waals surface area (Å²) in [5.41, 5.74) is 2.01. The topological polar surface area (TPSA) is 101 Å². The number of amides is 2. The molecule has 1 unspecified atom stereocenters. The van der Waals surface area contributed by atoms with E-state index in [9.17, 15) is 24.1 Å². The van der Waals surface area contributed by atoms with Gasteiger partial charge in [-0.15, -0.1) is 11.8 Å². The van der Waals surface area contributed by atoms with Crippen molar-refractivity contribution < 1.29 is 18.9 Å². The van der Waals surface area contributed by atoms with Gasteiger partial charge in [0.25, 0.3) is 11.6 Å². The number of halogens is 1. The fourth-order valence-electron chi connectivity index (χ4n) is 2.82. The Labute approximate surface area is 188 Å². The van der Waals surface area contributed by atoms with Crippen molar-refractivity contribution in [2.75, 3.05) is 10.6 Å².